The van der Waals surface area contributed by atoms with Crippen molar-refractivity contribution in [3.63, 3.8) is 0 Å². The van der Waals surface area contributed by atoms with Gasteiger partial charge in [-0.05, 0) is 27.2 Å². The van der Waals surface area contributed by atoms with Gasteiger partial charge in [0.2, 0.25) is 6.79 Å². The van der Waals surface area contributed by atoms with E-state index in [4.69, 9.17) is 24.7 Å². The Morgan fingerprint density at radius 3 is 2.75 bits per heavy atom. The molecule has 3 aliphatic heterocycles. The number of hydrogen-bond donors (Lipinski definition) is 3. The highest BCUT2D eigenvalue weighted by Gasteiger charge is 2.55. The predicted molar refractivity (Wildman–Crippen MR) is 146 cm³/mol. The number of nitrogens with one attached hydrogen (secondary N) is 1. The molecule has 0 saturated carbocycles. The summed E-state index contributed by atoms with van der Waals surface area (Å²) in [6.45, 7) is 5.13. The lowest BCUT2D eigenvalue weighted by molar-refractivity contribution is -0.173. The van der Waals surface area contributed by atoms with Crippen molar-refractivity contribution in [1.29, 1.82) is 0 Å². The van der Waals surface area contributed by atoms with Gasteiger partial charge in [0.05, 0.1) is 18.1 Å². The molecule has 0 aliphatic carbocycles. The summed E-state index contributed by atoms with van der Waals surface area (Å²) < 4.78 is 21.1. The van der Waals surface area contributed by atoms with Crippen molar-refractivity contribution in [3.8, 4) is 0 Å². The SMILES string of the molecule is CC(C)(C)C(=O)OCOC(=O)C1=C(SCC2CCOCO2)CS[C@H]2C(NC(=O)/C(=N\O)c3csc(N)n3)C(=O)N12. The third-order valence-electron chi connectivity index (χ3n) is 5.90. The van der Waals surface area contributed by atoms with E-state index in [1.165, 1.54) is 33.8 Å². The van der Waals surface area contributed by atoms with E-state index in [0.29, 0.717) is 29.4 Å². The molecule has 17 heteroatoms. The van der Waals surface area contributed by atoms with Crippen LogP contribution in [0.2, 0.25) is 0 Å². The highest BCUT2D eigenvalue weighted by atomic mass is 32.2. The number of nitrogens with zero attached hydrogens (tertiary/aromatic N) is 3. The summed E-state index contributed by atoms with van der Waals surface area (Å²) in [4.78, 5) is 57.1. The molecule has 4 N–H and O–H groups in total. The van der Waals surface area contributed by atoms with Crippen molar-refractivity contribution in [2.24, 2.45) is 10.6 Å². The normalized spacial score (nSPS) is 23.3. The van der Waals surface area contributed by atoms with Crippen LogP contribution < -0.4 is 11.1 Å². The second-order valence-corrected chi connectivity index (χ2v) is 12.9. The van der Waals surface area contributed by atoms with Gasteiger partial charge in [-0.1, -0.05) is 5.16 Å². The van der Waals surface area contributed by atoms with Crippen LogP contribution in [0, 0.1) is 5.41 Å². The Bertz CT molecular complexity index is 1220. The van der Waals surface area contributed by atoms with E-state index in [2.05, 4.69) is 15.5 Å². The van der Waals surface area contributed by atoms with E-state index in [0.717, 1.165) is 11.3 Å². The van der Waals surface area contributed by atoms with Crippen LogP contribution in [0.25, 0.3) is 0 Å². The molecular weight excluding hydrogens is 586 g/mol. The number of fused-ring (bicyclic) bond motifs is 1. The maximum atomic E-state index is 13.2. The molecule has 2 unspecified atom stereocenters. The number of amides is 2. The van der Waals surface area contributed by atoms with Crippen molar-refractivity contribution in [2.75, 3.05) is 37.4 Å². The fraction of sp³-hybridized carbons (Fsp3) is 0.565. The van der Waals surface area contributed by atoms with Gasteiger partial charge in [-0.25, -0.2) is 9.78 Å². The van der Waals surface area contributed by atoms with Gasteiger partial charge in [0.1, 0.15) is 29.6 Å². The van der Waals surface area contributed by atoms with Crippen LogP contribution in [0.3, 0.4) is 0 Å². The van der Waals surface area contributed by atoms with Crippen LogP contribution in [0.4, 0.5) is 5.13 Å². The predicted octanol–water partition coefficient (Wildman–Crippen LogP) is 1.10. The van der Waals surface area contributed by atoms with Gasteiger partial charge in [0.25, 0.3) is 11.8 Å². The molecule has 0 spiro atoms. The molecule has 0 radical (unpaired) electrons. The molecule has 40 heavy (non-hydrogen) atoms. The minimum absolute atomic E-state index is 0.0199. The van der Waals surface area contributed by atoms with Crippen LogP contribution in [-0.4, -0.2) is 93.8 Å². The molecule has 2 amide bonds. The molecule has 2 fully saturated rings. The molecule has 1 aromatic rings. The number of nitrogen functional groups attached to an aromatic ring is 1. The molecule has 4 heterocycles. The summed E-state index contributed by atoms with van der Waals surface area (Å²) in [5, 5.41) is 15.9. The molecule has 3 atom stereocenters. The zero-order valence-electron chi connectivity index (χ0n) is 21.9. The fourth-order valence-corrected chi connectivity index (χ4v) is 7.01. The molecular formula is C23H29N5O9S3. The van der Waals surface area contributed by atoms with E-state index < -0.39 is 53.1 Å². The van der Waals surface area contributed by atoms with Gasteiger partial charge in [-0.3, -0.25) is 19.3 Å². The van der Waals surface area contributed by atoms with E-state index in [1.807, 2.05) is 0 Å². The first-order valence-corrected chi connectivity index (χ1v) is 15.0. The summed E-state index contributed by atoms with van der Waals surface area (Å²) in [6.07, 6.45) is 0.600. The maximum Gasteiger partial charge on any atom is 0.358 e. The molecule has 2 saturated heterocycles. The van der Waals surface area contributed by atoms with Crippen LogP contribution in [0.15, 0.2) is 21.1 Å². The van der Waals surface area contributed by atoms with Crippen LogP contribution in [0.1, 0.15) is 32.9 Å². The quantitative estimate of drug-likeness (QED) is 0.0894. The molecule has 14 nitrogen and oxygen atoms in total. The van der Waals surface area contributed by atoms with Crippen molar-refractivity contribution in [3.05, 3.63) is 21.7 Å². The fourth-order valence-electron chi connectivity index (χ4n) is 3.76. The molecule has 4 rings (SSSR count). The number of carbonyl (C=O) groups is 4. The second kappa shape index (κ2) is 12.8. The van der Waals surface area contributed by atoms with Gasteiger partial charge in [-0.15, -0.1) is 34.9 Å². The van der Waals surface area contributed by atoms with Crippen LogP contribution in [0.5, 0.6) is 0 Å². The van der Waals surface area contributed by atoms with E-state index in [-0.39, 0.29) is 29.4 Å². The first kappa shape index (κ1) is 30.1. The number of rotatable bonds is 9. The first-order chi connectivity index (χ1) is 19.0. The Morgan fingerprint density at radius 1 is 1.35 bits per heavy atom. The van der Waals surface area contributed by atoms with Crippen LogP contribution >= 0.6 is 34.9 Å². The number of aromatic nitrogens is 1. The van der Waals surface area contributed by atoms with E-state index in [9.17, 15) is 24.4 Å². The number of thioether (sulfide) groups is 2. The molecule has 0 bridgehead atoms. The van der Waals surface area contributed by atoms with Gasteiger partial charge >= 0.3 is 11.9 Å². The van der Waals surface area contributed by atoms with Crippen LogP contribution in [-0.2, 0) is 38.1 Å². The largest absolute Gasteiger partial charge is 0.427 e. The molecule has 1 aromatic heterocycles. The Morgan fingerprint density at radius 2 is 2.12 bits per heavy atom. The Hall–Kier alpha value is -2.86. The molecule has 218 valence electrons. The van der Waals surface area contributed by atoms with Gasteiger partial charge < -0.3 is 35.2 Å². The van der Waals surface area contributed by atoms with Crippen molar-refractivity contribution < 1.29 is 43.3 Å². The van der Waals surface area contributed by atoms with Crippen molar-refractivity contribution in [2.45, 2.75) is 44.7 Å². The van der Waals surface area contributed by atoms with Gasteiger partial charge in [-0.2, -0.15) is 0 Å². The molecule has 0 aromatic carbocycles. The third-order valence-corrected chi connectivity index (χ3v) is 9.26. The summed E-state index contributed by atoms with van der Waals surface area (Å²) in [6, 6.07) is -1.00. The number of oxime groups is 1. The standard InChI is InChI=1S/C23H29N5O9S3/c1-23(2,3)21(32)37-10-36-20(31)16-13(38-6-11-4-5-34-9-35-11)8-39-19-15(18(30)28(16)19)26-17(29)14(27-33)12-7-40-22(24)25-12/h7,11,15,19,33H,4-6,8-10H2,1-3H3,(H2,24,25)(H,26,29)/b27-14-/t11?,15?,19-/m0/s1. The number of esters is 2. The smallest absolute Gasteiger partial charge is 0.358 e. The average molecular weight is 616 g/mol. The summed E-state index contributed by atoms with van der Waals surface area (Å²) in [7, 11) is 0. The zero-order chi connectivity index (χ0) is 29.0. The lowest BCUT2D eigenvalue weighted by Crippen LogP contribution is -2.71. The number of anilines is 1. The number of β-lactam (4-membered cyclic amide) rings is 1. The highest BCUT2D eigenvalue weighted by Crippen LogP contribution is 2.44. The average Bonchev–Trinajstić information content (AvgIpc) is 3.35. The summed E-state index contributed by atoms with van der Waals surface area (Å²) >= 11 is 3.78. The zero-order valence-corrected chi connectivity index (χ0v) is 24.4. The number of nitrogens with two attached hydrogens (primary N) is 1. The summed E-state index contributed by atoms with van der Waals surface area (Å²) in [5.41, 5.74) is 4.49. The highest BCUT2D eigenvalue weighted by molar-refractivity contribution is 8.06. The second-order valence-electron chi connectivity index (χ2n) is 9.80. The molecule has 3 aliphatic rings. The number of ether oxygens (including phenoxy) is 4. The van der Waals surface area contributed by atoms with Crippen molar-refractivity contribution >= 4 is 69.5 Å². The Balaban J connectivity index is 1.48. The maximum absolute atomic E-state index is 13.2. The minimum atomic E-state index is -1.00. The lowest BCUT2D eigenvalue weighted by atomic mass is 9.98. The first-order valence-electron chi connectivity index (χ1n) is 12.1. The van der Waals surface area contributed by atoms with Gasteiger partial charge in [0, 0.05) is 21.8 Å². The Labute approximate surface area is 242 Å². The van der Waals surface area contributed by atoms with E-state index in [1.54, 1.807) is 20.8 Å². The summed E-state index contributed by atoms with van der Waals surface area (Å²) in [5.74, 6) is -1.90. The van der Waals surface area contributed by atoms with E-state index >= 15 is 0 Å². The lowest BCUT2D eigenvalue weighted by Gasteiger charge is -2.49. The monoisotopic (exact) mass is 615 g/mol. The third kappa shape index (κ3) is 6.71. The van der Waals surface area contributed by atoms with Gasteiger partial charge in [0.15, 0.2) is 10.8 Å². The number of thiazole rings is 1. The number of hydrogen-bond acceptors (Lipinski definition) is 15. The Kier molecular flexibility index (Phi) is 9.60. The minimum Gasteiger partial charge on any atom is -0.427 e. The van der Waals surface area contributed by atoms with Crippen molar-refractivity contribution in [1.82, 2.24) is 15.2 Å². The topological polar surface area (TPSA) is 192 Å². The number of carbonyl (C=O) groups excluding carboxylic acids is 4.